The molecule has 21 heteroatoms. The van der Waals surface area contributed by atoms with Gasteiger partial charge in [0.05, 0.1) is 37.5 Å². The second-order valence-electron chi connectivity index (χ2n) is 24.7. The zero-order chi connectivity index (χ0) is 69.8. The van der Waals surface area contributed by atoms with Crippen molar-refractivity contribution in [2.45, 2.75) is 102 Å². The number of furan rings is 2. The Balaban J connectivity index is 0.000000259. The third-order valence-electron chi connectivity index (χ3n) is 15.9. The van der Waals surface area contributed by atoms with Crippen molar-refractivity contribution in [1.82, 2.24) is 19.9 Å². The molecule has 0 amide bonds. The average Bonchev–Trinajstić information content (AvgIpc) is 1.61. The van der Waals surface area contributed by atoms with E-state index >= 15 is 0 Å². The van der Waals surface area contributed by atoms with Crippen LogP contribution in [0.2, 0.25) is 39.3 Å². The monoisotopic (exact) mass is 1700 g/mol. The third-order valence-corrected chi connectivity index (χ3v) is 19.9. The number of para-hydroxylation sites is 3. The summed E-state index contributed by atoms with van der Waals surface area (Å²) in [6.45, 7) is 14.1. The Hall–Kier alpha value is -7.03. The van der Waals surface area contributed by atoms with Crippen LogP contribution in [0.5, 0.6) is 0 Å². The minimum absolute atomic E-state index is 0. The second kappa shape index (κ2) is 41.5. The van der Waals surface area contributed by atoms with Crippen molar-refractivity contribution < 1.29 is 72.2 Å². The van der Waals surface area contributed by atoms with Crippen molar-refractivity contribution in [1.29, 1.82) is 0 Å². The molecule has 0 saturated heterocycles. The minimum atomic E-state index is -3.92. The first-order valence-electron chi connectivity index (χ1n) is 31.9. The van der Waals surface area contributed by atoms with Gasteiger partial charge in [-0.2, -0.15) is 0 Å². The molecule has 9 radical (unpaired) electrons. The van der Waals surface area contributed by atoms with Crippen molar-refractivity contribution in [3.05, 3.63) is 230 Å². The first-order chi connectivity index (χ1) is 46.2. The molecule has 6 aromatic carbocycles. The molecule has 2 aliphatic carbocycles. The maximum Gasteiger partial charge on any atom is 0.144 e. The van der Waals surface area contributed by atoms with Crippen LogP contribution >= 0.6 is 0 Å². The largest absolute Gasteiger partial charge is 0.748 e. The summed E-state index contributed by atoms with van der Waals surface area (Å²) in [5.74, 6) is 1.49. The van der Waals surface area contributed by atoms with Crippen LogP contribution in [-0.4, -0.2) is 116 Å². The Kier molecular flexibility index (Phi) is 35.3. The van der Waals surface area contributed by atoms with E-state index in [2.05, 4.69) is 187 Å². The maximum absolute atomic E-state index is 9.08. The quantitative estimate of drug-likeness (QED) is 0.0609. The number of hydrogen-bond donors (Lipinski definition) is 2. The van der Waals surface area contributed by atoms with Crippen molar-refractivity contribution in [2.75, 3.05) is 20.5 Å². The number of rotatable bonds is 9. The Morgan fingerprint density at radius 3 is 1.26 bits per heavy atom. The summed E-state index contributed by atoms with van der Waals surface area (Å²) in [6, 6.07) is 69.7. The van der Waals surface area contributed by atoms with Gasteiger partial charge in [0.15, 0.2) is 0 Å². The van der Waals surface area contributed by atoms with E-state index in [1.54, 1.807) is 6.20 Å². The van der Waals surface area contributed by atoms with Gasteiger partial charge in [-0.15, -0.1) is 103 Å². The predicted molar refractivity (Wildman–Crippen MR) is 409 cm³/mol. The molecule has 503 valence electrons. The molecule has 14 rings (SSSR count). The average molecular weight is 1700 g/mol. The molecule has 0 atom stereocenters. The van der Waals surface area contributed by atoms with Gasteiger partial charge in [0.25, 0.3) is 0 Å². The number of aliphatic hydroxyl groups excluding tert-OH is 2. The number of benzene rings is 6. The molecule has 12 aromatic rings. The smallest absolute Gasteiger partial charge is 0.144 e. The summed E-state index contributed by atoms with van der Waals surface area (Å²) in [4.78, 5) is 18.1. The number of nitrogens with zero attached hydrogens (tertiary/aromatic N) is 4. The van der Waals surface area contributed by atoms with Crippen molar-refractivity contribution >= 4 is 117 Å². The SMILES string of the molecule is C#C.CO.CO.CS(=O)(=O)[O-].C[Si](C)(C)c1cccc2c1oc1c(-c3ccccn3)[c-]ccc12.C[Si](C)(C)c1cccc2c1oc1c(-c3ccccn3)cccc12.[B][B]B([B])[B].[Ir].[Ir].[c-]1ccccc1-c1ccc(C2CCCC2)cn1.[c-]1ccccc1-c1ccc(C2CCCC2)cn1. The predicted octanol–water partition coefficient (Wildman–Crippen LogP) is 15.3. The van der Waals surface area contributed by atoms with Gasteiger partial charge in [0.2, 0.25) is 0 Å². The van der Waals surface area contributed by atoms with Gasteiger partial charge in [0.1, 0.15) is 16.7 Å². The van der Waals surface area contributed by atoms with Crippen molar-refractivity contribution in [3.8, 4) is 57.9 Å². The molecule has 0 aliphatic heterocycles. The van der Waals surface area contributed by atoms with E-state index in [1.165, 1.54) is 96.1 Å². The number of terminal acetylenes is 1. The van der Waals surface area contributed by atoms with E-state index in [0.717, 1.165) is 98.8 Å². The van der Waals surface area contributed by atoms with E-state index in [9.17, 15) is 0 Å². The Labute approximate surface area is 615 Å². The number of aromatic nitrogens is 4. The summed E-state index contributed by atoms with van der Waals surface area (Å²) >= 11 is 0. The number of hydrogen-bond acceptors (Lipinski definition) is 11. The molecule has 0 unspecified atom stereocenters. The molecule has 6 aromatic heterocycles. The molecule has 0 bridgehead atoms. The summed E-state index contributed by atoms with van der Waals surface area (Å²) in [5.41, 5.74) is 14.7. The van der Waals surface area contributed by atoms with Gasteiger partial charge in [-0.3, -0.25) is 4.98 Å². The first kappa shape index (κ1) is 83.4. The van der Waals surface area contributed by atoms with Crippen LogP contribution in [0.25, 0.3) is 88.9 Å². The molecule has 0 spiro atoms. The van der Waals surface area contributed by atoms with Crippen molar-refractivity contribution in [3.63, 3.8) is 0 Å². The molecule has 2 saturated carbocycles. The molecule has 6 heterocycles. The van der Waals surface area contributed by atoms with Gasteiger partial charge in [-0.1, -0.05) is 167 Å². The Bertz CT molecular complexity index is 4140. The van der Waals surface area contributed by atoms with Crippen LogP contribution < -0.4 is 10.4 Å². The molecular formula is C77H82B5Ir2N4O7SSi2-4. The summed E-state index contributed by atoms with van der Waals surface area (Å²) in [7, 11) is 10.9. The van der Waals surface area contributed by atoms with Gasteiger partial charge >= 0.3 is 0 Å². The molecule has 2 N–H and O–H groups in total. The second-order valence-corrected chi connectivity index (χ2v) is 36.2. The molecular weight excluding hydrogens is 1620 g/mol. The molecule has 2 fully saturated rings. The molecule has 98 heavy (non-hydrogen) atoms. The van der Waals surface area contributed by atoms with Gasteiger partial charge in [0, 0.05) is 144 Å². The van der Waals surface area contributed by atoms with Crippen LogP contribution in [0.4, 0.5) is 0 Å². The van der Waals surface area contributed by atoms with Crippen LogP contribution in [0.15, 0.2) is 210 Å². The van der Waals surface area contributed by atoms with Crippen LogP contribution in [0.3, 0.4) is 0 Å². The number of aliphatic hydroxyl groups is 2. The van der Waals surface area contributed by atoms with Crippen molar-refractivity contribution in [2.24, 2.45) is 0 Å². The summed E-state index contributed by atoms with van der Waals surface area (Å²) in [5, 5.41) is 21.4. The zero-order valence-electron chi connectivity index (χ0n) is 57.2. The fourth-order valence-corrected chi connectivity index (χ4v) is 14.4. The third kappa shape index (κ3) is 24.1. The van der Waals surface area contributed by atoms with Crippen LogP contribution in [0, 0.1) is 31.0 Å². The topological polar surface area (TPSA) is 175 Å². The minimum Gasteiger partial charge on any atom is -0.748 e. The fraction of sp³-hybridized carbons (Fsp3) is 0.247. The van der Waals surface area contributed by atoms with Crippen LogP contribution in [-0.2, 0) is 50.3 Å². The maximum atomic E-state index is 9.08. The van der Waals surface area contributed by atoms with E-state index in [-0.39, 0.29) is 40.2 Å². The Morgan fingerprint density at radius 2 is 0.888 bits per heavy atom. The normalized spacial score (nSPS) is 12.4. The van der Waals surface area contributed by atoms with E-state index in [0.29, 0.717) is 6.26 Å². The summed E-state index contributed by atoms with van der Waals surface area (Å²) in [6.07, 6.45) is 26.7. The Morgan fingerprint density at radius 1 is 0.500 bits per heavy atom. The van der Waals surface area contributed by atoms with E-state index < -0.39 is 32.7 Å². The number of fused-ring (bicyclic) bond motifs is 6. The van der Waals surface area contributed by atoms with Gasteiger partial charge in [-0.05, 0) is 100 Å². The summed E-state index contributed by atoms with van der Waals surface area (Å²) < 4.78 is 40.0. The standard InChI is InChI=1S/C20H19NOSi.C20H18NOSi.2C16H16N.C2H2.CH4O3S.2CH4O.B5.2Ir/c2*1-23(2,3)18-12-7-9-15-14-8-6-10-16(19(14)22-20(15)18)17-11-4-5-13-21-17;2*1-2-8-14(9-3-1)16-11-10-15(12-17-16)13-6-4-5-7-13;1-2;1-5(2,3)4;2*1-2;1-4-5(2)3;;/h4-13H,1-3H3;4-9,11-13H,1-3H3;2*1-3,8,10-13H,4-7H2;1-2H;1H3,(H,2,3,4);2*2H,1H3;;;/q;3*-1;;;;;;;/p-1. The van der Waals surface area contributed by atoms with E-state index in [1.807, 2.05) is 97.5 Å². The zero-order valence-corrected chi connectivity index (χ0v) is 64.8. The number of pyridine rings is 4. The van der Waals surface area contributed by atoms with Crippen LogP contribution in [0.1, 0.15) is 74.3 Å². The van der Waals surface area contributed by atoms with Gasteiger partial charge < -0.3 is 38.6 Å². The first-order valence-corrected chi connectivity index (χ1v) is 40.8. The molecule has 2 aliphatic rings. The van der Waals surface area contributed by atoms with Gasteiger partial charge in [-0.25, -0.2) is 8.42 Å². The fourth-order valence-electron chi connectivity index (χ4n) is 11.4. The van der Waals surface area contributed by atoms with E-state index in [4.69, 9.17) is 55.2 Å². The molecule has 11 nitrogen and oxygen atoms in total.